The third-order valence-corrected chi connectivity index (χ3v) is 2.55. The van der Waals surface area contributed by atoms with E-state index in [9.17, 15) is 4.79 Å². The molecule has 0 saturated carbocycles. The summed E-state index contributed by atoms with van der Waals surface area (Å²) < 4.78 is 15.1. The van der Waals surface area contributed by atoms with Crippen molar-refractivity contribution in [2.75, 3.05) is 20.8 Å². The van der Waals surface area contributed by atoms with Crippen LogP contribution in [-0.2, 0) is 19.0 Å². The third kappa shape index (κ3) is 5.71. The molecule has 0 aromatic rings. The molecule has 0 aromatic carbocycles. The SMILES string of the molecule is C=C(C)C(=O)OCCCC([Si])(OC)OC. The Kier molecular flexibility index (Phi) is 6.47. The fourth-order valence-corrected chi connectivity index (χ4v) is 1.06. The van der Waals surface area contributed by atoms with E-state index in [1.165, 1.54) is 14.2 Å². The molecule has 3 radical (unpaired) electrons. The van der Waals surface area contributed by atoms with Crippen LogP contribution in [-0.4, -0.2) is 42.4 Å². The molecule has 0 amide bonds. The Hall–Kier alpha value is -0.653. The Balaban J connectivity index is 3.71. The molecular formula is C10H17O4Si. The van der Waals surface area contributed by atoms with Gasteiger partial charge in [-0.25, -0.2) is 4.79 Å². The van der Waals surface area contributed by atoms with Gasteiger partial charge in [0.15, 0.2) is 0 Å². The average molecular weight is 229 g/mol. The summed E-state index contributed by atoms with van der Waals surface area (Å²) in [4.78, 5) is 11.0. The van der Waals surface area contributed by atoms with Gasteiger partial charge >= 0.3 is 5.97 Å². The molecule has 0 atom stereocenters. The van der Waals surface area contributed by atoms with Gasteiger partial charge in [-0.05, 0) is 19.8 Å². The number of carbonyl (C=O) groups is 1. The van der Waals surface area contributed by atoms with Crippen molar-refractivity contribution < 1.29 is 19.0 Å². The highest BCUT2D eigenvalue weighted by molar-refractivity contribution is 6.13. The first-order chi connectivity index (χ1) is 6.95. The first-order valence-electron chi connectivity index (χ1n) is 4.63. The molecule has 0 bridgehead atoms. The zero-order valence-corrected chi connectivity index (χ0v) is 10.5. The van der Waals surface area contributed by atoms with Crippen LogP contribution in [0.4, 0.5) is 0 Å². The molecule has 5 heteroatoms. The molecule has 0 rings (SSSR count). The predicted molar refractivity (Wildman–Crippen MR) is 57.5 cm³/mol. The second kappa shape index (κ2) is 6.76. The second-order valence-electron chi connectivity index (χ2n) is 3.18. The second-order valence-corrected chi connectivity index (χ2v) is 3.94. The summed E-state index contributed by atoms with van der Waals surface area (Å²) >= 11 is 0. The molecule has 0 aromatic heterocycles. The molecule has 0 saturated heterocycles. The highest BCUT2D eigenvalue weighted by Gasteiger charge is 2.21. The normalized spacial score (nSPS) is 11.2. The number of ether oxygens (including phenoxy) is 3. The summed E-state index contributed by atoms with van der Waals surface area (Å²) in [6.45, 7) is 5.42. The molecule has 0 aliphatic carbocycles. The number of rotatable bonds is 7. The lowest BCUT2D eigenvalue weighted by atomic mass is 10.3. The van der Waals surface area contributed by atoms with E-state index in [-0.39, 0.29) is 5.97 Å². The van der Waals surface area contributed by atoms with Gasteiger partial charge in [0.05, 0.1) is 6.61 Å². The fraction of sp³-hybridized carbons (Fsp3) is 0.700. The minimum absolute atomic E-state index is 0.324. The summed E-state index contributed by atoms with van der Waals surface area (Å²) in [5.74, 6) is -0.371. The third-order valence-electron chi connectivity index (χ3n) is 1.89. The van der Waals surface area contributed by atoms with Gasteiger partial charge in [-0.15, -0.1) is 0 Å². The van der Waals surface area contributed by atoms with Crippen LogP contribution in [0.3, 0.4) is 0 Å². The lowest BCUT2D eigenvalue weighted by molar-refractivity contribution is -0.152. The first-order valence-corrected chi connectivity index (χ1v) is 5.13. The topological polar surface area (TPSA) is 44.8 Å². The van der Waals surface area contributed by atoms with Crippen molar-refractivity contribution in [3.05, 3.63) is 12.2 Å². The van der Waals surface area contributed by atoms with Gasteiger partial charge in [0.25, 0.3) is 0 Å². The van der Waals surface area contributed by atoms with E-state index < -0.39 is 5.41 Å². The van der Waals surface area contributed by atoms with Gasteiger partial charge in [-0.2, -0.15) is 0 Å². The molecule has 0 spiro atoms. The Morgan fingerprint density at radius 2 is 1.93 bits per heavy atom. The van der Waals surface area contributed by atoms with E-state index >= 15 is 0 Å². The summed E-state index contributed by atoms with van der Waals surface area (Å²) in [6, 6.07) is 0. The predicted octanol–water partition coefficient (Wildman–Crippen LogP) is 1.00. The largest absolute Gasteiger partial charge is 0.462 e. The molecule has 0 aliphatic rings. The van der Waals surface area contributed by atoms with Crippen LogP contribution in [0.1, 0.15) is 19.8 Å². The zero-order chi connectivity index (χ0) is 11.9. The van der Waals surface area contributed by atoms with Crippen LogP contribution in [0.25, 0.3) is 0 Å². The van der Waals surface area contributed by atoms with E-state index in [2.05, 4.69) is 16.8 Å². The minimum atomic E-state index is -0.796. The van der Waals surface area contributed by atoms with Gasteiger partial charge in [0.1, 0.15) is 15.7 Å². The molecule has 15 heavy (non-hydrogen) atoms. The molecule has 85 valence electrons. The maximum atomic E-state index is 11.0. The Morgan fingerprint density at radius 3 is 2.33 bits per heavy atom. The lowest BCUT2D eigenvalue weighted by Gasteiger charge is -2.26. The average Bonchev–Trinajstić information content (AvgIpc) is 2.23. The van der Waals surface area contributed by atoms with Crippen molar-refractivity contribution in [1.82, 2.24) is 0 Å². The molecule has 4 nitrogen and oxygen atoms in total. The monoisotopic (exact) mass is 229 g/mol. The van der Waals surface area contributed by atoms with Gasteiger partial charge in [-0.3, -0.25) is 0 Å². The van der Waals surface area contributed by atoms with Crippen LogP contribution in [0.15, 0.2) is 12.2 Å². The summed E-state index contributed by atoms with van der Waals surface area (Å²) in [6.07, 6.45) is 1.23. The van der Waals surface area contributed by atoms with Crippen molar-refractivity contribution >= 4 is 16.2 Å². The Bertz CT molecular complexity index is 223. The van der Waals surface area contributed by atoms with Crippen LogP contribution in [0.2, 0.25) is 0 Å². The Morgan fingerprint density at radius 1 is 1.40 bits per heavy atom. The smallest absolute Gasteiger partial charge is 0.333 e. The van der Waals surface area contributed by atoms with E-state index in [1.807, 2.05) is 0 Å². The number of carbonyl (C=O) groups excluding carboxylic acids is 1. The van der Waals surface area contributed by atoms with E-state index in [0.717, 1.165) is 0 Å². The fourth-order valence-electron chi connectivity index (χ4n) is 0.880. The maximum absolute atomic E-state index is 11.0. The Labute approximate surface area is 94.0 Å². The van der Waals surface area contributed by atoms with Crippen LogP contribution < -0.4 is 0 Å². The molecular weight excluding hydrogens is 212 g/mol. The maximum Gasteiger partial charge on any atom is 0.333 e. The van der Waals surface area contributed by atoms with Gasteiger partial charge in [0.2, 0.25) is 0 Å². The molecule has 0 aliphatic heterocycles. The highest BCUT2D eigenvalue weighted by Crippen LogP contribution is 2.13. The van der Waals surface area contributed by atoms with Crippen molar-refractivity contribution in [3.63, 3.8) is 0 Å². The van der Waals surface area contributed by atoms with E-state index in [1.54, 1.807) is 6.92 Å². The standard InChI is InChI=1S/C10H17O4Si/c1-8(2)9(11)14-7-5-6-10(15,12-3)13-4/h1,5-7H2,2-4H3. The summed E-state index contributed by atoms with van der Waals surface area (Å²) in [5, 5.41) is 0. The van der Waals surface area contributed by atoms with Crippen molar-refractivity contribution in [2.24, 2.45) is 0 Å². The number of methoxy groups -OCH3 is 2. The van der Waals surface area contributed by atoms with Gasteiger partial charge in [-0.1, -0.05) is 6.58 Å². The van der Waals surface area contributed by atoms with Gasteiger partial charge < -0.3 is 14.2 Å². The summed E-state index contributed by atoms with van der Waals surface area (Å²) in [7, 11) is 6.41. The van der Waals surface area contributed by atoms with E-state index in [4.69, 9.17) is 14.2 Å². The van der Waals surface area contributed by atoms with Gasteiger partial charge in [0, 0.05) is 19.8 Å². The van der Waals surface area contributed by atoms with Crippen molar-refractivity contribution in [3.8, 4) is 0 Å². The van der Waals surface area contributed by atoms with Crippen molar-refractivity contribution in [1.29, 1.82) is 0 Å². The summed E-state index contributed by atoms with van der Waals surface area (Å²) in [5.41, 5.74) is -0.395. The molecule has 0 heterocycles. The number of hydrogen-bond acceptors (Lipinski definition) is 4. The van der Waals surface area contributed by atoms with Crippen LogP contribution in [0, 0.1) is 0 Å². The van der Waals surface area contributed by atoms with Crippen LogP contribution >= 0.6 is 0 Å². The molecule has 0 fully saturated rings. The molecule has 0 N–H and O–H groups in total. The lowest BCUT2D eigenvalue weighted by Crippen LogP contribution is -2.34. The quantitative estimate of drug-likeness (QED) is 0.215. The highest BCUT2D eigenvalue weighted by atomic mass is 28.1. The molecule has 0 unspecified atom stereocenters. The van der Waals surface area contributed by atoms with Crippen molar-refractivity contribution in [2.45, 2.75) is 25.2 Å². The van der Waals surface area contributed by atoms with Crippen LogP contribution in [0.5, 0.6) is 0 Å². The van der Waals surface area contributed by atoms with E-state index in [0.29, 0.717) is 25.0 Å². The first kappa shape index (κ1) is 14.3. The minimum Gasteiger partial charge on any atom is -0.462 e. The zero-order valence-electron chi connectivity index (χ0n) is 9.46. The number of esters is 1. The number of hydrogen-bond donors (Lipinski definition) is 0.